The largest absolute Gasteiger partial charge is 0.294 e. The summed E-state index contributed by atoms with van der Waals surface area (Å²) in [5.74, 6) is 0. The summed E-state index contributed by atoms with van der Waals surface area (Å²) < 4.78 is 19.8. The summed E-state index contributed by atoms with van der Waals surface area (Å²) in [5, 5.41) is 0. The third kappa shape index (κ3) is 0.992. The van der Waals surface area contributed by atoms with Crippen LogP contribution >= 0.6 is 0 Å². The molecule has 3 atom stereocenters. The van der Waals surface area contributed by atoms with E-state index in [4.69, 9.17) is 4.55 Å². The van der Waals surface area contributed by atoms with E-state index in [1.165, 1.54) is 4.31 Å². The van der Waals surface area contributed by atoms with Crippen molar-refractivity contribution >= 4 is 11.3 Å². The number of nitrogens with zero attached hydrogens (tertiary/aromatic N) is 1. The molecule has 0 aromatic rings. The predicted molar refractivity (Wildman–Crippen MR) is 26.9 cm³/mol. The van der Waals surface area contributed by atoms with Gasteiger partial charge in [0.05, 0.1) is 0 Å². The highest BCUT2D eigenvalue weighted by Gasteiger charge is 2.33. The van der Waals surface area contributed by atoms with Crippen molar-refractivity contribution in [3.8, 4) is 0 Å². The van der Waals surface area contributed by atoms with Gasteiger partial charge in [-0.2, -0.15) is 4.31 Å². The van der Waals surface area contributed by atoms with Gasteiger partial charge in [-0.15, -0.1) is 0 Å². The second-order valence-corrected chi connectivity index (χ2v) is 2.61. The lowest BCUT2D eigenvalue weighted by atomic mass is 10.6. The van der Waals surface area contributed by atoms with Crippen LogP contribution < -0.4 is 0 Å². The molecule has 0 aromatic heterocycles. The molecule has 4 heteroatoms. The summed E-state index contributed by atoms with van der Waals surface area (Å²) in [5.41, 5.74) is 0. The molecule has 1 N–H and O–H groups in total. The van der Waals surface area contributed by atoms with E-state index in [1.54, 1.807) is 0 Å². The van der Waals surface area contributed by atoms with Crippen molar-refractivity contribution in [2.75, 3.05) is 6.54 Å². The first kappa shape index (κ1) is 5.21. The first-order valence-corrected chi connectivity index (χ1v) is 3.16. The molecular weight excluding hydrogens is 114 g/mol. The molecule has 1 rings (SSSR count). The van der Waals surface area contributed by atoms with Crippen LogP contribution in [0.25, 0.3) is 0 Å². The Morgan fingerprint density at radius 2 is 2.43 bits per heavy atom. The van der Waals surface area contributed by atoms with Crippen LogP contribution in [0, 0.1) is 0 Å². The maximum Gasteiger partial charge on any atom is 0.234 e. The van der Waals surface area contributed by atoms with E-state index < -0.39 is 11.3 Å². The van der Waals surface area contributed by atoms with Gasteiger partial charge in [-0.1, -0.05) is 0 Å². The van der Waals surface area contributed by atoms with E-state index >= 15 is 0 Å². The van der Waals surface area contributed by atoms with Gasteiger partial charge in [0.15, 0.2) is 0 Å². The van der Waals surface area contributed by atoms with Gasteiger partial charge in [0.2, 0.25) is 11.3 Å². The van der Waals surface area contributed by atoms with E-state index in [9.17, 15) is 4.21 Å². The van der Waals surface area contributed by atoms with Gasteiger partial charge in [-0.05, 0) is 6.92 Å². The average molecular weight is 121 g/mol. The molecule has 0 amide bonds. The summed E-state index contributed by atoms with van der Waals surface area (Å²) >= 11 is -1.70. The van der Waals surface area contributed by atoms with Crippen molar-refractivity contribution in [2.45, 2.75) is 13.0 Å². The fourth-order valence-electron chi connectivity index (χ4n) is 0.431. The lowest BCUT2D eigenvalue weighted by Gasteiger charge is -1.86. The van der Waals surface area contributed by atoms with E-state index in [-0.39, 0.29) is 0 Å². The zero-order chi connectivity index (χ0) is 5.44. The lowest BCUT2D eigenvalue weighted by molar-refractivity contribution is 0.522. The van der Waals surface area contributed by atoms with Crippen molar-refractivity contribution in [3.05, 3.63) is 0 Å². The number of hydrogen-bond acceptors (Lipinski definition) is 1. The monoisotopic (exact) mass is 121 g/mol. The fourth-order valence-corrected chi connectivity index (χ4v) is 1.08. The zero-order valence-corrected chi connectivity index (χ0v) is 4.81. The zero-order valence-electron chi connectivity index (χ0n) is 4.00. The van der Waals surface area contributed by atoms with Crippen molar-refractivity contribution < 1.29 is 8.76 Å². The molecule has 1 aliphatic rings. The Bertz CT molecular complexity index is 105. The standard InChI is InChI=1S/C3H7NO2S/c1-3-2-4(3)7(5)6/h3H,2H2,1H3,(H,5,6). The van der Waals surface area contributed by atoms with Crippen LogP contribution in [-0.4, -0.2) is 25.7 Å². The molecule has 3 unspecified atom stereocenters. The van der Waals surface area contributed by atoms with Gasteiger partial charge < -0.3 is 0 Å². The van der Waals surface area contributed by atoms with E-state index in [0.29, 0.717) is 6.04 Å². The predicted octanol–water partition coefficient (Wildman–Crippen LogP) is -0.173. The maximum atomic E-state index is 10.0. The molecule has 1 aliphatic heterocycles. The second kappa shape index (κ2) is 1.54. The number of rotatable bonds is 1. The SMILES string of the molecule is CC1CN1S(=O)O. The molecule has 1 fully saturated rings. The van der Waals surface area contributed by atoms with Gasteiger partial charge >= 0.3 is 0 Å². The molecule has 0 bridgehead atoms. The Kier molecular flexibility index (Phi) is 1.15. The van der Waals surface area contributed by atoms with Gasteiger partial charge in [-0.3, -0.25) is 4.55 Å². The highest BCUT2D eigenvalue weighted by Crippen LogP contribution is 2.16. The van der Waals surface area contributed by atoms with E-state index in [2.05, 4.69) is 0 Å². The van der Waals surface area contributed by atoms with Crippen LogP contribution in [0.1, 0.15) is 6.92 Å². The quantitative estimate of drug-likeness (QED) is 0.386. The minimum atomic E-state index is -1.70. The molecule has 0 saturated carbocycles. The van der Waals surface area contributed by atoms with Crippen LogP contribution in [0.3, 0.4) is 0 Å². The second-order valence-electron chi connectivity index (χ2n) is 1.68. The van der Waals surface area contributed by atoms with E-state index in [1.807, 2.05) is 6.92 Å². The van der Waals surface area contributed by atoms with E-state index in [0.717, 1.165) is 6.54 Å². The molecular formula is C3H7NO2S. The molecule has 1 heterocycles. The molecule has 0 aliphatic carbocycles. The van der Waals surface area contributed by atoms with Crippen molar-refractivity contribution in [3.63, 3.8) is 0 Å². The average Bonchev–Trinajstić information content (AvgIpc) is 2.17. The Hall–Kier alpha value is 0.0700. The number of hydrogen-bond donors (Lipinski definition) is 1. The molecule has 0 aromatic carbocycles. The van der Waals surface area contributed by atoms with Gasteiger partial charge in [0.1, 0.15) is 0 Å². The van der Waals surface area contributed by atoms with Crippen molar-refractivity contribution in [1.29, 1.82) is 0 Å². The summed E-state index contributed by atoms with van der Waals surface area (Å²) in [7, 11) is 0. The van der Waals surface area contributed by atoms with Crippen LogP contribution in [0.15, 0.2) is 0 Å². The van der Waals surface area contributed by atoms with Crippen molar-refractivity contribution in [1.82, 2.24) is 4.31 Å². The minimum absolute atomic E-state index is 0.325. The molecule has 42 valence electrons. The van der Waals surface area contributed by atoms with Crippen LogP contribution in [0.5, 0.6) is 0 Å². The molecule has 0 radical (unpaired) electrons. The Labute approximate surface area is 44.7 Å². The topological polar surface area (TPSA) is 40.3 Å². The van der Waals surface area contributed by atoms with Crippen LogP contribution in [0.2, 0.25) is 0 Å². The Morgan fingerprint density at radius 1 is 2.00 bits per heavy atom. The van der Waals surface area contributed by atoms with Crippen LogP contribution in [0.4, 0.5) is 0 Å². The third-order valence-corrected chi connectivity index (χ3v) is 1.91. The van der Waals surface area contributed by atoms with Crippen LogP contribution in [-0.2, 0) is 11.3 Å². The normalized spacial score (nSPS) is 43.1. The molecule has 0 spiro atoms. The fraction of sp³-hybridized carbons (Fsp3) is 1.00. The highest BCUT2D eigenvalue weighted by atomic mass is 32.2. The molecule has 1 saturated heterocycles. The first-order chi connectivity index (χ1) is 3.22. The smallest absolute Gasteiger partial charge is 0.234 e. The maximum absolute atomic E-state index is 10.0. The summed E-state index contributed by atoms with van der Waals surface area (Å²) in [4.78, 5) is 0. The third-order valence-electron chi connectivity index (χ3n) is 1.00. The van der Waals surface area contributed by atoms with Gasteiger partial charge in [0, 0.05) is 12.6 Å². The first-order valence-electron chi connectivity index (χ1n) is 2.09. The summed E-state index contributed by atoms with van der Waals surface area (Å²) in [6.45, 7) is 2.68. The minimum Gasteiger partial charge on any atom is -0.294 e. The lowest BCUT2D eigenvalue weighted by Crippen LogP contribution is -2.01. The Morgan fingerprint density at radius 3 is 2.43 bits per heavy atom. The highest BCUT2D eigenvalue weighted by molar-refractivity contribution is 7.77. The van der Waals surface area contributed by atoms with Gasteiger partial charge in [0.25, 0.3) is 0 Å². The van der Waals surface area contributed by atoms with Gasteiger partial charge in [-0.25, -0.2) is 4.21 Å². The molecule has 3 nitrogen and oxygen atoms in total. The van der Waals surface area contributed by atoms with Crippen molar-refractivity contribution in [2.24, 2.45) is 0 Å². The summed E-state index contributed by atoms with van der Waals surface area (Å²) in [6, 6.07) is 0.325. The molecule has 7 heavy (non-hydrogen) atoms. The Balaban J connectivity index is 2.33. The summed E-state index contributed by atoms with van der Waals surface area (Å²) in [6.07, 6.45) is 0.